The van der Waals surface area contributed by atoms with Crippen LogP contribution in [-0.4, -0.2) is 0 Å². The predicted octanol–water partition coefficient (Wildman–Crippen LogP) is 14.3. The summed E-state index contributed by atoms with van der Waals surface area (Å²) in [5, 5.41) is 2.63. The number of hydrogen-bond donors (Lipinski definition) is 0. The molecule has 270 valence electrons. The summed E-state index contributed by atoms with van der Waals surface area (Å²) >= 11 is 0. The number of anilines is 5. The fourth-order valence-electron chi connectivity index (χ4n) is 8.98. The molecule has 0 saturated carbocycles. The highest BCUT2D eigenvalue weighted by molar-refractivity contribution is 6.01. The van der Waals surface area contributed by atoms with Gasteiger partial charge in [-0.25, -0.2) is 0 Å². The smallest absolute Gasteiger partial charge is 0.0543 e. The summed E-state index contributed by atoms with van der Waals surface area (Å²) in [7, 11) is 0. The van der Waals surface area contributed by atoms with E-state index in [-0.39, 0.29) is 0 Å². The maximum atomic E-state index is 2.46. The first-order chi connectivity index (χ1) is 27.8. The van der Waals surface area contributed by atoms with Gasteiger partial charge in [0.15, 0.2) is 0 Å². The standard InChI is InChI=1S/C54H44N2/c1-3-17-43(18-4-1)55(53-37-41-15-7-9-21-47(41)49-23-11-13-25-51(49)53)45-33-29-39(30-34-45)27-28-40-31-35-46(36-32-40)56(44-19-5-2-6-20-44)54-38-42-16-8-10-22-48(42)50-24-12-14-26-52(50)54/h1-11,13-14,17-20,23-38,48H,12,15-16,21-22H2. The molecule has 0 saturated heterocycles. The molecule has 10 rings (SSSR count). The van der Waals surface area contributed by atoms with Gasteiger partial charge < -0.3 is 9.80 Å². The van der Waals surface area contributed by atoms with Crippen LogP contribution in [0, 0.1) is 5.92 Å². The number of benzene rings is 6. The van der Waals surface area contributed by atoms with Crippen molar-refractivity contribution < 1.29 is 0 Å². The zero-order valence-corrected chi connectivity index (χ0v) is 31.6. The summed E-state index contributed by atoms with van der Waals surface area (Å²) < 4.78 is 0. The van der Waals surface area contributed by atoms with Crippen LogP contribution in [0.1, 0.15) is 41.5 Å². The highest BCUT2D eigenvalue weighted by atomic mass is 15.2. The van der Waals surface area contributed by atoms with Crippen molar-refractivity contribution in [2.24, 2.45) is 5.92 Å². The number of rotatable bonds is 8. The molecule has 0 heterocycles. The number of hydrogen-bond acceptors (Lipinski definition) is 2. The summed E-state index contributed by atoms with van der Waals surface area (Å²) in [5.41, 5.74) is 16.6. The van der Waals surface area contributed by atoms with E-state index in [4.69, 9.17) is 0 Å². The van der Waals surface area contributed by atoms with Crippen molar-refractivity contribution >= 4 is 51.4 Å². The Morgan fingerprint density at radius 2 is 1.11 bits per heavy atom. The van der Waals surface area contributed by atoms with Gasteiger partial charge in [-0.3, -0.25) is 0 Å². The van der Waals surface area contributed by atoms with Crippen molar-refractivity contribution in [3.8, 4) is 0 Å². The number of allylic oxidation sites excluding steroid dienone is 11. The lowest BCUT2D eigenvalue weighted by Gasteiger charge is -2.37. The van der Waals surface area contributed by atoms with Crippen LogP contribution in [0.4, 0.5) is 28.4 Å². The van der Waals surface area contributed by atoms with Gasteiger partial charge in [0.05, 0.1) is 11.4 Å². The molecule has 0 amide bonds. The molecule has 2 nitrogen and oxygen atoms in total. The maximum absolute atomic E-state index is 2.46. The van der Waals surface area contributed by atoms with E-state index < -0.39 is 0 Å². The molecule has 1 unspecified atom stereocenters. The third kappa shape index (κ3) is 6.37. The topological polar surface area (TPSA) is 6.48 Å². The molecule has 0 aliphatic heterocycles. The Bertz CT molecular complexity index is 2630. The molecule has 6 aromatic carbocycles. The van der Waals surface area contributed by atoms with Crippen LogP contribution in [0.15, 0.2) is 211 Å². The summed E-state index contributed by atoms with van der Waals surface area (Å²) in [5.74, 6) is 0.491. The van der Waals surface area contributed by atoms with Gasteiger partial charge in [0, 0.05) is 39.6 Å². The zero-order chi connectivity index (χ0) is 37.3. The average Bonchev–Trinajstić information content (AvgIpc) is 3.27. The number of para-hydroxylation sites is 2. The number of fused-ring (bicyclic) bond motifs is 6. The maximum Gasteiger partial charge on any atom is 0.0543 e. The first kappa shape index (κ1) is 33.9. The predicted molar refractivity (Wildman–Crippen MR) is 238 cm³/mol. The second-order valence-electron chi connectivity index (χ2n) is 15.1. The molecular weight excluding hydrogens is 677 g/mol. The Kier molecular flexibility index (Phi) is 9.01. The molecule has 1 atom stereocenters. The molecule has 0 radical (unpaired) electrons. The summed E-state index contributed by atoms with van der Waals surface area (Å²) in [4.78, 5) is 4.85. The van der Waals surface area contributed by atoms with E-state index in [1.165, 1.54) is 61.3 Å². The van der Waals surface area contributed by atoms with Crippen LogP contribution in [-0.2, 0) is 12.8 Å². The van der Waals surface area contributed by atoms with Gasteiger partial charge in [-0.2, -0.15) is 0 Å². The highest BCUT2D eigenvalue weighted by Gasteiger charge is 2.31. The average molecular weight is 721 g/mol. The molecule has 0 bridgehead atoms. The van der Waals surface area contributed by atoms with Crippen LogP contribution in [0.25, 0.3) is 22.9 Å². The lowest BCUT2D eigenvalue weighted by molar-refractivity contribution is 0.679. The molecule has 4 aliphatic carbocycles. The van der Waals surface area contributed by atoms with Gasteiger partial charge in [0.1, 0.15) is 0 Å². The largest absolute Gasteiger partial charge is 0.310 e. The molecule has 4 aliphatic rings. The van der Waals surface area contributed by atoms with E-state index in [2.05, 4.69) is 210 Å². The van der Waals surface area contributed by atoms with Gasteiger partial charge in [-0.15, -0.1) is 0 Å². The lowest BCUT2D eigenvalue weighted by atomic mass is 9.74. The Labute approximate surface area is 330 Å². The Hall–Kier alpha value is -6.64. The van der Waals surface area contributed by atoms with Crippen molar-refractivity contribution in [1.82, 2.24) is 0 Å². The molecule has 0 fully saturated rings. The van der Waals surface area contributed by atoms with E-state index in [9.17, 15) is 0 Å². The lowest BCUT2D eigenvalue weighted by Crippen LogP contribution is -2.25. The first-order valence-corrected chi connectivity index (χ1v) is 20.0. The number of nitrogens with zero attached hydrogens (tertiary/aromatic N) is 2. The van der Waals surface area contributed by atoms with Crippen molar-refractivity contribution in [2.45, 2.75) is 32.1 Å². The van der Waals surface area contributed by atoms with Crippen molar-refractivity contribution in [3.05, 3.63) is 233 Å². The second kappa shape index (κ2) is 14.9. The fraction of sp³-hybridized carbons (Fsp3) is 0.111. The molecular formula is C54H44N2. The van der Waals surface area contributed by atoms with Gasteiger partial charge >= 0.3 is 0 Å². The van der Waals surface area contributed by atoms with Gasteiger partial charge in [0.25, 0.3) is 0 Å². The van der Waals surface area contributed by atoms with E-state index in [0.717, 1.165) is 54.7 Å². The third-order valence-corrected chi connectivity index (χ3v) is 11.7. The van der Waals surface area contributed by atoms with Gasteiger partial charge in [0.2, 0.25) is 0 Å². The molecule has 0 spiro atoms. The third-order valence-electron chi connectivity index (χ3n) is 11.7. The van der Waals surface area contributed by atoms with E-state index in [0.29, 0.717) is 5.92 Å². The quantitative estimate of drug-likeness (QED) is 0.114. The van der Waals surface area contributed by atoms with Gasteiger partial charge in [-0.1, -0.05) is 145 Å². The molecule has 0 aromatic heterocycles. The summed E-state index contributed by atoms with van der Waals surface area (Å²) in [6.07, 6.45) is 28.4. The van der Waals surface area contributed by atoms with Crippen molar-refractivity contribution in [2.75, 3.05) is 9.80 Å². The Balaban J connectivity index is 0.957. The van der Waals surface area contributed by atoms with E-state index in [1.807, 2.05) is 0 Å². The molecule has 6 aromatic rings. The van der Waals surface area contributed by atoms with Crippen molar-refractivity contribution in [3.63, 3.8) is 0 Å². The van der Waals surface area contributed by atoms with Crippen LogP contribution in [0.3, 0.4) is 0 Å². The van der Waals surface area contributed by atoms with E-state index >= 15 is 0 Å². The molecule has 0 N–H and O–H groups in total. The van der Waals surface area contributed by atoms with Crippen LogP contribution in [0.5, 0.6) is 0 Å². The van der Waals surface area contributed by atoms with Crippen LogP contribution < -0.4 is 9.80 Å². The second-order valence-corrected chi connectivity index (χ2v) is 15.1. The summed E-state index contributed by atoms with van der Waals surface area (Å²) in [6, 6.07) is 50.9. The highest BCUT2D eigenvalue weighted by Crippen LogP contribution is 2.46. The normalized spacial score (nSPS) is 17.0. The van der Waals surface area contributed by atoms with Crippen LogP contribution >= 0.6 is 0 Å². The zero-order valence-electron chi connectivity index (χ0n) is 31.6. The fourth-order valence-corrected chi connectivity index (χ4v) is 8.98. The minimum Gasteiger partial charge on any atom is -0.310 e. The Morgan fingerprint density at radius 1 is 0.518 bits per heavy atom. The Morgan fingerprint density at radius 3 is 1.82 bits per heavy atom. The first-order valence-electron chi connectivity index (χ1n) is 20.0. The van der Waals surface area contributed by atoms with Gasteiger partial charge in [-0.05, 0) is 126 Å². The molecule has 2 heteroatoms. The van der Waals surface area contributed by atoms with Crippen LogP contribution in [0.2, 0.25) is 0 Å². The molecule has 56 heavy (non-hydrogen) atoms. The summed E-state index contributed by atoms with van der Waals surface area (Å²) in [6.45, 7) is 0. The monoisotopic (exact) mass is 720 g/mol. The van der Waals surface area contributed by atoms with Crippen molar-refractivity contribution in [1.29, 1.82) is 0 Å². The SMILES string of the molecule is C1=CC2=C(N(c3ccccc3)c3ccc(C=Cc4ccc(N(c5ccccc5)c5cc6c(c7ccccc57)CC=CC6)cc4)cc3)C=C3CC=CCC3C2=CC1. The minimum atomic E-state index is 0.491. The minimum absolute atomic E-state index is 0.491. The van der Waals surface area contributed by atoms with E-state index in [1.54, 1.807) is 0 Å².